The van der Waals surface area contributed by atoms with Crippen LogP contribution < -0.4 is 0 Å². The molecule has 0 saturated heterocycles. The number of fused-ring (bicyclic) bond motifs is 1. The van der Waals surface area contributed by atoms with Crippen molar-refractivity contribution >= 4 is 0 Å². The second-order valence-electron chi connectivity index (χ2n) is 3.95. The third kappa shape index (κ3) is 1.41. The first-order chi connectivity index (χ1) is 5.77. The summed E-state index contributed by atoms with van der Waals surface area (Å²) in [6, 6.07) is 0. The molecule has 2 N–H and O–H groups in total. The van der Waals surface area contributed by atoms with Crippen molar-refractivity contribution in [3.63, 3.8) is 0 Å². The van der Waals surface area contributed by atoms with Crippen molar-refractivity contribution in [1.29, 1.82) is 0 Å². The second-order valence-corrected chi connectivity index (χ2v) is 3.95. The Morgan fingerprint density at radius 2 is 2.00 bits per heavy atom. The van der Waals surface area contributed by atoms with Gasteiger partial charge >= 0.3 is 0 Å². The highest BCUT2D eigenvalue weighted by molar-refractivity contribution is 5.16. The lowest BCUT2D eigenvalue weighted by molar-refractivity contribution is 0.0753. The number of rotatable bonds is 0. The molecule has 2 rings (SSSR count). The van der Waals surface area contributed by atoms with Crippen molar-refractivity contribution in [2.75, 3.05) is 0 Å². The van der Waals surface area contributed by atoms with Gasteiger partial charge in [-0.1, -0.05) is 11.6 Å². The number of aliphatic hydroxyl groups excluding tert-OH is 2. The van der Waals surface area contributed by atoms with E-state index in [0.717, 1.165) is 32.1 Å². The quantitative estimate of drug-likeness (QED) is 0.534. The molecule has 3 atom stereocenters. The summed E-state index contributed by atoms with van der Waals surface area (Å²) in [5, 5.41) is 19.0. The molecule has 0 bridgehead atoms. The van der Waals surface area contributed by atoms with E-state index in [9.17, 15) is 10.2 Å². The average molecular weight is 168 g/mol. The van der Waals surface area contributed by atoms with Crippen LogP contribution in [0, 0.1) is 5.92 Å². The Hall–Kier alpha value is -0.340. The molecule has 2 aliphatic carbocycles. The minimum Gasteiger partial charge on any atom is -0.393 e. The number of hydrogen-bond donors (Lipinski definition) is 2. The molecule has 0 aromatic rings. The van der Waals surface area contributed by atoms with Crippen LogP contribution in [0.3, 0.4) is 0 Å². The summed E-state index contributed by atoms with van der Waals surface area (Å²) in [6.07, 6.45) is 6.46. The van der Waals surface area contributed by atoms with Crippen LogP contribution in [-0.4, -0.2) is 22.4 Å². The Balaban J connectivity index is 2.15. The van der Waals surface area contributed by atoms with Gasteiger partial charge in [0.25, 0.3) is 0 Å². The van der Waals surface area contributed by atoms with E-state index >= 15 is 0 Å². The Kier molecular flexibility index (Phi) is 2.20. The standard InChI is InChI=1S/C10H16O2/c11-8-4-5-9-7(6-8)2-1-3-10(9)12/h6,8-12H,1-5H2/t8-,9+,10+/m0/s1. The number of aliphatic hydroxyl groups is 2. The largest absolute Gasteiger partial charge is 0.393 e. The molecule has 0 aromatic carbocycles. The molecule has 0 amide bonds. The predicted octanol–water partition coefficient (Wildman–Crippen LogP) is 1.23. The third-order valence-electron chi connectivity index (χ3n) is 3.09. The molecular formula is C10H16O2. The fraction of sp³-hybridized carbons (Fsp3) is 0.800. The van der Waals surface area contributed by atoms with Crippen molar-refractivity contribution in [2.24, 2.45) is 5.92 Å². The van der Waals surface area contributed by atoms with Crippen LogP contribution in [0.15, 0.2) is 11.6 Å². The van der Waals surface area contributed by atoms with Crippen LogP contribution in [0.2, 0.25) is 0 Å². The summed E-state index contributed by atoms with van der Waals surface area (Å²) in [5.41, 5.74) is 1.30. The highest BCUT2D eigenvalue weighted by atomic mass is 16.3. The minimum atomic E-state index is -0.249. The Bertz CT molecular complexity index is 198. The maximum atomic E-state index is 9.67. The molecule has 2 aliphatic rings. The van der Waals surface area contributed by atoms with Gasteiger partial charge in [-0.05, 0) is 32.1 Å². The maximum Gasteiger partial charge on any atom is 0.0723 e. The van der Waals surface area contributed by atoms with Gasteiger partial charge in [0.1, 0.15) is 0 Å². The van der Waals surface area contributed by atoms with Gasteiger partial charge in [0.15, 0.2) is 0 Å². The third-order valence-corrected chi connectivity index (χ3v) is 3.09. The SMILES string of the molecule is O[C@@H]1C=C2CCC[C@@H](O)[C@@H]2CC1. The van der Waals surface area contributed by atoms with Crippen LogP contribution in [0.25, 0.3) is 0 Å². The van der Waals surface area contributed by atoms with Crippen LogP contribution in [0.5, 0.6) is 0 Å². The molecule has 2 heteroatoms. The molecule has 0 heterocycles. The van der Waals surface area contributed by atoms with E-state index < -0.39 is 0 Å². The fourth-order valence-electron chi connectivity index (χ4n) is 2.41. The first kappa shape index (κ1) is 8.27. The summed E-state index contributed by atoms with van der Waals surface area (Å²) in [4.78, 5) is 0. The summed E-state index contributed by atoms with van der Waals surface area (Å²) >= 11 is 0. The number of hydrogen-bond acceptors (Lipinski definition) is 2. The first-order valence-corrected chi connectivity index (χ1v) is 4.84. The van der Waals surface area contributed by atoms with Crippen molar-refractivity contribution in [3.05, 3.63) is 11.6 Å². The molecule has 2 nitrogen and oxygen atoms in total. The summed E-state index contributed by atoms with van der Waals surface area (Å²) in [5.74, 6) is 0.363. The van der Waals surface area contributed by atoms with Crippen molar-refractivity contribution in [1.82, 2.24) is 0 Å². The molecule has 1 fully saturated rings. The van der Waals surface area contributed by atoms with Crippen LogP contribution >= 0.6 is 0 Å². The van der Waals surface area contributed by atoms with Crippen molar-refractivity contribution < 1.29 is 10.2 Å². The Labute approximate surface area is 72.9 Å². The predicted molar refractivity (Wildman–Crippen MR) is 46.7 cm³/mol. The fourth-order valence-corrected chi connectivity index (χ4v) is 2.41. The molecular weight excluding hydrogens is 152 g/mol. The maximum absolute atomic E-state index is 9.67. The monoisotopic (exact) mass is 168 g/mol. The molecule has 68 valence electrons. The van der Waals surface area contributed by atoms with Gasteiger partial charge in [-0.3, -0.25) is 0 Å². The van der Waals surface area contributed by atoms with Gasteiger partial charge in [-0.15, -0.1) is 0 Å². The topological polar surface area (TPSA) is 40.5 Å². The first-order valence-electron chi connectivity index (χ1n) is 4.84. The zero-order chi connectivity index (χ0) is 8.55. The van der Waals surface area contributed by atoms with E-state index in [4.69, 9.17) is 0 Å². The summed E-state index contributed by atoms with van der Waals surface area (Å²) in [6.45, 7) is 0. The molecule has 0 spiro atoms. The Morgan fingerprint density at radius 3 is 2.83 bits per heavy atom. The van der Waals surface area contributed by atoms with Gasteiger partial charge in [-0.25, -0.2) is 0 Å². The van der Waals surface area contributed by atoms with Gasteiger partial charge in [-0.2, -0.15) is 0 Å². The molecule has 0 aromatic heterocycles. The summed E-state index contributed by atoms with van der Waals surface area (Å²) < 4.78 is 0. The second kappa shape index (κ2) is 3.19. The zero-order valence-corrected chi connectivity index (χ0v) is 7.24. The zero-order valence-electron chi connectivity index (χ0n) is 7.24. The smallest absolute Gasteiger partial charge is 0.0723 e. The van der Waals surface area contributed by atoms with E-state index in [0.29, 0.717) is 5.92 Å². The highest BCUT2D eigenvalue weighted by Crippen LogP contribution is 2.36. The molecule has 12 heavy (non-hydrogen) atoms. The van der Waals surface area contributed by atoms with Gasteiger partial charge < -0.3 is 10.2 Å². The minimum absolute atomic E-state index is 0.141. The van der Waals surface area contributed by atoms with E-state index in [2.05, 4.69) is 0 Å². The molecule has 1 saturated carbocycles. The molecule has 0 unspecified atom stereocenters. The van der Waals surface area contributed by atoms with Crippen molar-refractivity contribution in [2.45, 2.75) is 44.3 Å². The average Bonchev–Trinajstić information content (AvgIpc) is 2.04. The van der Waals surface area contributed by atoms with Crippen LogP contribution in [0.4, 0.5) is 0 Å². The molecule has 0 radical (unpaired) electrons. The lowest BCUT2D eigenvalue weighted by Crippen LogP contribution is -2.31. The van der Waals surface area contributed by atoms with E-state index in [1.165, 1.54) is 5.57 Å². The van der Waals surface area contributed by atoms with Gasteiger partial charge in [0, 0.05) is 5.92 Å². The normalized spacial score (nSPS) is 41.8. The van der Waals surface area contributed by atoms with Crippen molar-refractivity contribution in [3.8, 4) is 0 Å². The van der Waals surface area contributed by atoms with Crippen LogP contribution in [-0.2, 0) is 0 Å². The van der Waals surface area contributed by atoms with E-state index in [1.807, 2.05) is 6.08 Å². The summed E-state index contributed by atoms with van der Waals surface area (Å²) in [7, 11) is 0. The van der Waals surface area contributed by atoms with E-state index in [-0.39, 0.29) is 12.2 Å². The highest BCUT2D eigenvalue weighted by Gasteiger charge is 2.30. The van der Waals surface area contributed by atoms with Crippen LogP contribution in [0.1, 0.15) is 32.1 Å². The van der Waals surface area contributed by atoms with Gasteiger partial charge in [0.05, 0.1) is 12.2 Å². The van der Waals surface area contributed by atoms with Gasteiger partial charge in [0.2, 0.25) is 0 Å². The lowest BCUT2D eigenvalue weighted by atomic mass is 9.75. The Morgan fingerprint density at radius 1 is 1.17 bits per heavy atom. The van der Waals surface area contributed by atoms with E-state index in [1.54, 1.807) is 0 Å². The molecule has 0 aliphatic heterocycles. The lowest BCUT2D eigenvalue weighted by Gasteiger charge is -2.34.